The highest BCUT2D eigenvalue weighted by atomic mass is 16.4. The standard InChI is InChI=1S/C15H18N2O2/c1-3-10(4-2)17-14-12-8-6-5-7-11(12)13(9-16-14)15(18)19/h5-10H,3-4H2,1-2H3,(H,16,17)(H,18,19). The fourth-order valence-corrected chi connectivity index (χ4v) is 2.16. The third-order valence-corrected chi connectivity index (χ3v) is 3.35. The first-order valence-corrected chi connectivity index (χ1v) is 6.54. The van der Waals surface area contributed by atoms with Crippen molar-refractivity contribution in [3.05, 3.63) is 36.0 Å². The molecule has 2 rings (SSSR count). The van der Waals surface area contributed by atoms with Crippen molar-refractivity contribution in [2.45, 2.75) is 32.7 Å². The topological polar surface area (TPSA) is 62.2 Å². The van der Waals surface area contributed by atoms with Gasteiger partial charge in [0.2, 0.25) is 0 Å². The van der Waals surface area contributed by atoms with Crippen molar-refractivity contribution in [3.8, 4) is 0 Å². The van der Waals surface area contributed by atoms with E-state index in [1.165, 1.54) is 6.20 Å². The van der Waals surface area contributed by atoms with Crippen molar-refractivity contribution in [1.82, 2.24) is 4.98 Å². The SMILES string of the molecule is CCC(CC)Nc1ncc(C(=O)O)c2ccccc12. The zero-order valence-corrected chi connectivity index (χ0v) is 11.2. The second-order valence-electron chi connectivity index (χ2n) is 4.53. The molecule has 0 spiro atoms. The number of nitrogens with zero attached hydrogens (tertiary/aromatic N) is 1. The molecule has 0 radical (unpaired) electrons. The molecule has 0 aliphatic heterocycles. The minimum atomic E-state index is -0.946. The molecule has 0 aliphatic carbocycles. The van der Waals surface area contributed by atoms with Crippen molar-refractivity contribution < 1.29 is 9.90 Å². The van der Waals surface area contributed by atoms with Gasteiger partial charge in [-0.15, -0.1) is 0 Å². The average molecular weight is 258 g/mol. The molecule has 2 N–H and O–H groups in total. The zero-order chi connectivity index (χ0) is 13.8. The molecular formula is C15H18N2O2. The first-order chi connectivity index (χ1) is 9.17. The van der Waals surface area contributed by atoms with Crippen molar-refractivity contribution in [3.63, 3.8) is 0 Å². The van der Waals surface area contributed by atoms with Gasteiger partial charge in [-0.25, -0.2) is 9.78 Å². The van der Waals surface area contributed by atoms with E-state index >= 15 is 0 Å². The molecular weight excluding hydrogens is 240 g/mol. The predicted octanol–water partition coefficient (Wildman–Crippen LogP) is 3.53. The Bertz CT molecular complexity index is 592. The van der Waals surface area contributed by atoms with E-state index in [0.29, 0.717) is 6.04 Å². The highest BCUT2D eigenvalue weighted by Crippen LogP contribution is 2.25. The number of carboxylic acid groups (broad SMARTS) is 1. The number of hydrogen-bond acceptors (Lipinski definition) is 3. The molecule has 19 heavy (non-hydrogen) atoms. The number of carbonyl (C=O) groups is 1. The summed E-state index contributed by atoms with van der Waals surface area (Å²) >= 11 is 0. The highest BCUT2D eigenvalue weighted by Gasteiger charge is 2.13. The van der Waals surface area contributed by atoms with Gasteiger partial charge in [-0.2, -0.15) is 0 Å². The van der Waals surface area contributed by atoms with Gasteiger partial charge in [0.1, 0.15) is 5.82 Å². The maximum atomic E-state index is 11.2. The molecule has 0 aliphatic rings. The molecule has 4 nitrogen and oxygen atoms in total. The molecule has 0 unspecified atom stereocenters. The van der Waals surface area contributed by atoms with E-state index in [-0.39, 0.29) is 5.56 Å². The summed E-state index contributed by atoms with van der Waals surface area (Å²) in [7, 11) is 0. The van der Waals surface area contributed by atoms with Gasteiger partial charge in [0.25, 0.3) is 0 Å². The van der Waals surface area contributed by atoms with Crippen LogP contribution in [0, 0.1) is 0 Å². The number of hydrogen-bond donors (Lipinski definition) is 2. The molecule has 1 aromatic carbocycles. The second kappa shape index (κ2) is 5.69. The Kier molecular flexibility index (Phi) is 4.00. The maximum Gasteiger partial charge on any atom is 0.337 e. The second-order valence-corrected chi connectivity index (χ2v) is 4.53. The quantitative estimate of drug-likeness (QED) is 0.861. The Balaban J connectivity index is 2.52. The molecule has 0 bridgehead atoms. The molecule has 0 fully saturated rings. The predicted molar refractivity (Wildman–Crippen MR) is 76.7 cm³/mol. The van der Waals surface area contributed by atoms with Crippen LogP contribution in [0.4, 0.5) is 5.82 Å². The molecule has 0 saturated carbocycles. The van der Waals surface area contributed by atoms with Gasteiger partial charge >= 0.3 is 5.97 Å². The third-order valence-electron chi connectivity index (χ3n) is 3.35. The van der Waals surface area contributed by atoms with E-state index in [1.54, 1.807) is 0 Å². The monoisotopic (exact) mass is 258 g/mol. The lowest BCUT2D eigenvalue weighted by molar-refractivity contribution is 0.0698. The molecule has 0 atom stereocenters. The van der Waals surface area contributed by atoms with Crippen molar-refractivity contribution in [1.29, 1.82) is 0 Å². The van der Waals surface area contributed by atoms with Gasteiger partial charge in [-0.05, 0) is 12.8 Å². The van der Waals surface area contributed by atoms with E-state index in [2.05, 4.69) is 24.1 Å². The van der Waals surface area contributed by atoms with Crippen LogP contribution in [0.15, 0.2) is 30.5 Å². The molecule has 1 aromatic heterocycles. The minimum absolute atomic E-state index is 0.241. The van der Waals surface area contributed by atoms with E-state index in [1.807, 2.05) is 24.3 Å². The number of aromatic nitrogens is 1. The van der Waals surface area contributed by atoms with Gasteiger partial charge in [-0.1, -0.05) is 38.1 Å². The average Bonchev–Trinajstić information content (AvgIpc) is 2.44. The number of carboxylic acids is 1. The lowest BCUT2D eigenvalue weighted by Gasteiger charge is -2.17. The van der Waals surface area contributed by atoms with E-state index in [0.717, 1.165) is 29.4 Å². The largest absolute Gasteiger partial charge is 0.478 e. The number of anilines is 1. The normalized spacial score (nSPS) is 10.9. The van der Waals surface area contributed by atoms with Crippen molar-refractivity contribution in [2.75, 3.05) is 5.32 Å². The lowest BCUT2D eigenvalue weighted by Crippen LogP contribution is -2.18. The lowest BCUT2D eigenvalue weighted by atomic mass is 10.1. The van der Waals surface area contributed by atoms with Crippen molar-refractivity contribution >= 4 is 22.6 Å². The van der Waals surface area contributed by atoms with Crippen LogP contribution in [0.5, 0.6) is 0 Å². The van der Waals surface area contributed by atoms with E-state index < -0.39 is 5.97 Å². The van der Waals surface area contributed by atoms with Crippen LogP contribution in [0.1, 0.15) is 37.0 Å². The summed E-state index contributed by atoms with van der Waals surface area (Å²) in [5.74, 6) is -0.188. The maximum absolute atomic E-state index is 11.2. The summed E-state index contributed by atoms with van der Waals surface area (Å²) < 4.78 is 0. The summed E-state index contributed by atoms with van der Waals surface area (Å²) in [6.07, 6.45) is 3.44. The molecule has 100 valence electrons. The number of aromatic carboxylic acids is 1. The highest BCUT2D eigenvalue weighted by molar-refractivity contribution is 6.06. The summed E-state index contributed by atoms with van der Waals surface area (Å²) in [5, 5.41) is 14.1. The smallest absolute Gasteiger partial charge is 0.337 e. The van der Waals surface area contributed by atoms with Crippen LogP contribution in [-0.2, 0) is 0 Å². The summed E-state index contributed by atoms with van der Waals surface area (Å²) in [5.41, 5.74) is 0.241. The Hall–Kier alpha value is -2.10. The summed E-state index contributed by atoms with van der Waals surface area (Å²) in [6, 6.07) is 7.81. The molecule has 0 amide bonds. The summed E-state index contributed by atoms with van der Waals surface area (Å²) in [6.45, 7) is 4.24. The Morgan fingerprint density at radius 2 is 1.89 bits per heavy atom. The van der Waals surface area contributed by atoms with Crippen LogP contribution in [0.2, 0.25) is 0 Å². The first-order valence-electron chi connectivity index (χ1n) is 6.54. The van der Waals surface area contributed by atoms with Crippen LogP contribution < -0.4 is 5.32 Å². The van der Waals surface area contributed by atoms with E-state index in [4.69, 9.17) is 0 Å². The van der Waals surface area contributed by atoms with Gasteiger partial charge < -0.3 is 10.4 Å². The van der Waals surface area contributed by atoms with Crippen LogP contribution in [0.3, 0.4) is 0 Å². The fraction of sp³-hybridized carbons (Fsp3) is 0.333. The van der Waals surface area contributed by atoms with Crippen LogP contribution in [0.25, 0.3) is 10.8 Å². The Morgan fingerprint density at radius 3 is 2.47 bits per heavy atom. The van der Waals surface area contributed by atoms with Gasteiger partial charge in [-0.3, -0.25) is 0 Å². The third kappa shape index (κ3) is 2.67. The van der Waals surface area contributed by atoms with Gasteiger partial charge in [0, 0.05) is 23.0 Å². The fourth-order valence-electron chi connectivity index (χ4n) is 2.16. The number of fused-ring (bicyclic) bond motifs is 1. The van der Waals surface area contributed by atoms with Crippen LogP contribution in [-0.4, -0.2) is 22.1 Å². The molecule has 2 aromatic rings. The molecule has 0 saturated heterocycles. The first kappa shape index (κ1) is 13.3. The summed E-state index contributed by atoms with van der Waals surface area (Å²) in [4.78, 5) is 15.5. The zero-order valence-electron chi connectivity index (χ0n) is 11.2. The number of rotatable bonds is 5. The molecule has 4 heteroatoms. The number of nitrogens with one attached hydrogen (secondary N) is 1. The van der Waals surface area contributed by atoms with Crippen LogP contribution >= 0.6 is 0 Å². The number of benzene rings is 1. The van der Waals surface area contributed by atoms with Gasteiger partial charge in [0.05, 0.1) is 5.56 Å². The Labute approximate surface area is 112 Å². The number of pyridine rings is 1. The van der Waals surface area contributed by atoms with E-state index in [9.17, 15) is 9.90 Å². The Morgan fingerprint density at radius 1 is 1.26 bits per heavy atom. The van der Waals surface area contributed by atoms with Crippen molar-refractivity contribution in [2.24, 2.45) is 0 Å². The molecule has 1 heterocycles. The minimum Gasteiger partial charge on any atom is -0.478 e. The van der Waals surface area contributed by atoms with Gasteiger partial charge in [0.15, 0.2) is 0 Å².